The van der Waals surface area contributed by atoms with Crippen molar-refractivity contribution in [2.45, 2.75) is 25.9 Å². The molecule has 1 aromatic carbocycles. The van der Waals surface area contributed by atoms with Crippen molar-refractivity contribution < 1.29 is 4.84 Å². The van der Waals surface area contributed by atoms with Crippen LogP contribution in [0, 0.1) is 31.6 Å². The van der Waals surface area contributed by atoms with Crippen molar-refractivity contribution >= 4 is 6.21 Å². The first-order valence-corrected chi connectivity index (χ1v) is 6.36. The SMILES string of the molecule is CCC[C@@H](O/N=C/[C]1[CH][CH][CH][CH]1)c1ccccc1. The maximum Gasteiger partial charge on any atom is 0.152 e. The Hall–Kier alpha value is -1.31. The molecule has 5 radical (unpaired) electrons. The molecule has 1 aromatic rings. The zero-order chi connectivity index (χ0) is 12.6. The van der Waals surface area contributed by atoms with Gasteiger partial charge in [-0.1, -0.05) is 48.8 Å². The Balaban J connectivity index is 1.90. The average molecular weight is 240 g/mol. The van der Waals surface area contributed by atoms with Crippen molar-refractivity contribution in [1.29, 1.82) is 0 Å². The summed E-state index contributed by atoms with van der Waals surface area (Å²) in [4.78, 5) is 5.61. The molecule has 1 atom stereocenters. The van der Waals surface area contributed by atoms with E-state index >= 15 is 0 Å². The van der Waals surface area contributed by atoms with Gasteiger partial charge in [0.15, 0.2) is 6.10 Å². The van der Waals surface area contributed by atoms with E-state index in [-0.39, 0.29) is 6.10 Å². The van der Waals surface area contributed by atoms with Crippen molar-refractivity contribution in [3.63, 3.8) is 0 Å². The van der Waals surface area contributed by atoms with E-state index in [0.29, 0.717) is 0 Å². The fourth-order valence-corrected chi connectivity index (χ4v) is 1.85. The Morgan fingerprint density at radius 3 is 2.56 bits per heavy atom. The lowest BCUT2D eigenvalue weighted by Crippen LogP contribution is -2.02. The van der Waals surface area contributed by atoms with Crippen molar-refractivity contribution in [3.8, 4) is 0 Å². The average Bonchev–Trinajstić information content (AvgIpc) is 2.92. The van der Waals surface area contributed by atoms with Crippen LogP contribution in [0.1, 0.15) is 31.4 Å². The van der Waals surface area contributed by atoms with Gasteiger partial charge in [-0.2, -0.15) is 0 Å². The lowest BCUT2D eigenvalue weighted by Gasteiger charge is -2.14. The van der Waals surface area contributed by atoms with Crippen LogP contribution in [0.3, 0.4) is 0 Å². The molecule has 0 aromatic heterocycles. The summed E-state index contributed by atoms with van der Waals surface area (Å²) >= 11 is 0. The molecule has 2 nitrogen and oxygen atoms in total. The van der Waals surface area contributed by atoms with Crippen molar-refractivity contribution in [3.05, 3.63) is 67.5 Å². The predicted octanol–water partition coefficient (Wildman–Crippen LogP) is 3.94. The molecule has 0 amide bonds. The molecule has 0 saturated heterocycles. The highest BCUT2D eigenvalue weighted by atomic mass is 16.6. The summed E-state index contributed by atoms with van der Waals surface area (Å²) < 4.78 is 0. The number of hydrogen-bond donors (Lipinski definition) is 0. The maximum atomic E-state index is 5.61. The van der Waals surface area contributed by atoms with E-state index in [2.05, 4.69) is 24.2 Å². The lowest BCUT2D eigenvalue weighted by molar-refractivity contribution is 0.0526. The summed E-state index contributed by atoms with van der Waals surface area (Å²) in [5.74, 6) is 1.07. The lowest BCUT2D eigenvalue weighted by atomic mass is 10.1. The van der Waals surface area contributed by atoms with Crippen LogP contribution >= 0.6 is 0 Å². The van der Waals surface area contributed by atoms with Gasteiger partial charge in [0.05, 0.1) is 6.21 Å². The quantitative estimate of drug-likeness (QED) is 0.545. The highest BCUT2D eigenvalue weighted by molar-refractivity contribution is 5.82. The maximum absolute atomic E-state index is 5.61. The molecule has 2 heteroatoms. The molecular weight excluding hydrogens is 222 g/mol. The topological polar surface area (TPSA) is 21.6 Å². The molecular formula is C16H18NO. The molecule has 0 spiro atoms. The summed E-state index contributed by atoms with van der Waals surface area (Å²) in [6.45, 7) is 2.15. The molecule has 1 aliphatic carbocycles. The fraction of sp³-hybridized carbons (Fsp3) is 0.250. The number of oxime groups is 1. The van der Waals surface area contributed by atoms with Crippen LogP contribution in [0.25, 0.3) is 0 Å². The smallest absolute Gasteiger partial charge is 0.152 e. The molecule has 2 rings (SSSR count). The fourth-order valence-electron chi connectivity index (χ4n) is 1.85. The van der Waals surface area contributed by atoms with Crippen LogP contribution < -0.4 is 0 Å². The van der Waals surface area contributed by atoms with Gasteiger partial charge in [0.2, 0.25) is 0 Å². The van der Waals surface area contributed by atoms with E-state index in [1.165, 1.54) is 5.56 Å². The van der Waals surface area contributed by atoms with Crippen molar-refractivity contribution in [2.75, 3.05) is 0 Å². The van der Waals surface area contributed by atoms with E-state index < -0.39 is 0 Å². The molecule has 1 saturated carbocycles. The minimum absolute atomic E-state index is 0.0439. The molecule has 0 N–H and O–H groups in total. The van der Waals surface area contributed by atoms with Crippen LogP contribution in [0.4, 0.5) is 0 Å². The Morgan fingerprint density at radius 2 is 1.89 bits per heavy atom. The van der Waals surface area contributed by atoms with Gasteiger partial charge in [0.25, 0.3) is 0 Å². The second-order valence-corrected chi connectivity index (χ2v) is 4.25. The Bertz CT molecular complexity index is 355. The van der Waals surface area contributed by atoms with Crippen molar-refractivity contribution in [1.82, 2.24) is 0 Å². The van der Waals surface area contributed by atoms with Gasteiger partial charge >= 0.3 is 0 Å². The zero-order valence-corrected chi connectivity index (χ0v) is 10.6. The van der Waals surface area contributed by atoms with Crippen LogP contribution in [-0.2, 0) is 4.84 Å². The molecule has 1 fully saturated rings. The molecule has 0 aliphatic heterocycles. The summed E-state index contributed by atoms with van der Waals surface area (Å²) in [6, 6.07) is 10.2. The molecule has 0 bridgehead atoms. The third kappa shape index (κ3) is 3.86. The molecule has 1 aliphatic rings. The van der Waals surface area contributed by atoms with Gasteiger partial charge in [-0.15, -0.1) is 0 Å². The predicted molar refractivity (Wildman–Crippen MR) is 74.1 cm³/mol. The third-order valence-corrected chi connectivity index (χ3v) is 2.80. The summed E-state index contributed by atoms with van der Waals surface area (Å²) in [5.41, 5.74) is 1.18. The summed E-state index contributed by atoms with van der Waals surface area (Å²) in [5, 5.41) is 4.08. The second kappa shape index (κ2) is 7.20. The van der Waals surface area contributed by atoms with Crippen LogP contribution in [-0.4, -0.2) is 6.21 Å². The Kier molecular flexibility index (Phi) is 5.25. The first-order valence-electron chi connectivity index (χ1n) is 6.36. The Morgan fingerprint density at radius 1 is 1.17 bits per heavy atom. The van der Waals surface area contributed by atoms with Crippen molar-refractivity contribution in [2.24, 2.45) is 5.16 Å². The normalized spacial score (nSPS) is 18.3. The minimum Gasteiger partial charge on any atom is -0.388 e. The molecule has 0 heterocycles. The zero-order valence-electron chi connectivity index (χ0n) is 10.6. The Labute approximate surface area is 110 Å². The molecule has 18 heavy (non-hydrogen) atoms. The van der Waals surface area contributed by atoms with E-state index in [0.717, 1.165) is 18.8 Å². The summed E-state index contributed by atoms with van der Waals surface area (Å²) in [6.07, 6.45) is 11.8. The van der Waals surface area contributed by atoms with Gasteiger partial charge in [-0.3, -0.25) is 0 Å². The van der Waals surface area contributed by atoms with Gasteiger partial charge in [-0.25, -0.2) is 0 Å². The number of rotatable bonds is 6. The first-order chi connectivity index (χ1) is 8.90. The van der Waals surface area contributed by atoms with E-state index in [9.17, 15) is 0 Å². The highest BCUT2D eigenvalue weighted by Crippen LogP contribution is 2.24. The summed E-state index contributed by atoms with van der Waals surface area (Å²) in [7, 11) is 0. The highest BCUT2D eigenvalue weighted by Gasteiger charge is 2.15. The standard InChI is InChI=1S/C16H18NO/c1-2-8-16(15-11-4-3-5-12-15)18-17-13-14-9-6-7-10-14/h3-7,9-13,16H,2,8H2,1H3/b17-13+/t16-/m1/s1. The van der Waals surface area contributed by atoms with Gasteiger partial charge in [0.1, 0.15) is 0 Å². The van der Waals surface area contributed by atoms with Crippen LogP contribution in [0.5, 0.6) is 0 Å². The van der Waals surface area contributed by atoms with E-state index in [4.69, 9.17) is 4.84 Å². The second-order valence-electron chi connectivity index (χ2n) is 4.25. The molecule has 0 unspecified atom stereocenters. The molecule has 93 valence electrons. The third-order valence-electron chi connectivity index (χ3n) is 2.80. The van der Waals surface area contributed by atoms with E-state index in [1.54, 1.807) is 6.21 Å². The first kappa shape index (κ1) is 13.1. The monoisotopic (exact) mass is 240 g/mol. The van der Waals surface area contributed by atoms with Gasteiger partial charge in [-0.05, 0) is 37.7 Å². The van der Waals surface area contributed by atoms with Crippen LogP contribution in [0.15, 0.2) is 35.5 Å². The number of benzene rings is 1. The minimum atomic E-state index is 0.0439. The largest absolute Gasteiger partial charge is 0.388 e. The van der Waals surface area contributed by atoms with Gasteiger partial charge < -0.3 is 4.84 Å². The van der Waals surface area contributed by atoms with Gasteiger partial charge in [0, 0.05) is 5.92 Å². The van der Waals surface area contributed by atoms with Crippen LogP contribution in [0.2, 0.25) is 0 Å². The van der Waals surface area contributed by atoms with E-state index in [1.807, 2.05) is 43.9 Å². The number of nitrogens with zero attached hydrogens (tertiary/aromatic N) is 1. The number of hydrogen-bond acceptors (Lipinski definition) is 2.